The van der Waals surface area contributed by atoms with Crippen molar-refractivity contribution >= 4 is 11.3 Å². The lowest BCUT2D eigenvalue weighted by atomic mass is 9.92. The lowest BCUT2D eigenvalue weighted by molar-refractivity contribution is 0.0914. The third kappa shape index (κ3) is 3.30. The minimum Gasteiger partial charge on any atom is -0.392 e. The van der Waals surface area contributed by atoms with E-state index in [0.717, 1.165) is 25.8 Å². The first kappa shape index (κ1) is 11.1. The quantitative estimate of drug-likeness (QED) is 0.823. The molecule has 0 aliphatic heterocycles. The Morgan fingerprint density at radius 1 is 1.40 bits per heavy atom. The van der Waals surface area contributed by atoms with E-state index in [-0.39, 0.29) is 6.10 Å². The zero-order valence-corrected chi connectivity index (χ0v) is 9.80. The normalized spacial score (nSPS) is 26.7. The first-order valence-electron chi connectivity index (χ1n) is 5.80. The van der Waals surface area contributed by atoms with Gasteiger partial charge in [-0.1, -0.05) is 18.9 Å². The molecule has 84 valence electrons. The summed E-state index contributed by atoms with van der Waals surface area (Å²) in [6.07, 6.45) is 5.50. The Hall–Kier alpha value is -0.380. The van der Waals surface area contributed by atoms with Crippen LogP contribution in [0.2, 0.25) is 0 Å². The fraction of sp³-hybridized carbons (Fsp3) is 0.667. The Morgan fingerprint density at radius 3 is 3.00 bits per heavy atom. The number of rotatable bonds is 4. The van der Waals surface area contributed by atoms with Crippen molar-refractivity contribution in [1.82, 2.24) is 5.32 Å². The summed E-state index contributed by atoms with van der Waals surface area (Å²) in [4.78, 5) is 1.42. The van der Waals surface area contributed by atoms with Crippen molar-refractivity contribution in [2.75, 3.05) is 6.54 Å². The lowest BCUT2D eigenvalue weighted by Crippen LogP contribution is -2.42. The molecule has 1 fully saturated rings. The molecule has 1 saturated carbocycles. The van der Waals surface area contributed by atoms with Crippen LogP contribution in [-0.2, 0) is 6.42 Å². The molecule has 2 N–H and O–H groups in total. The van der Waals surface area contributed by atoms with Crippen LogP contribution in [-0.4, -0.2) is 23.8 Å². The van der Waals surface area contributed by atoms with Crippen molar-refractivity contribution in [1.29, 1.82) is 0 Å². The molecule has 1 aliphatic rings. The summed E-state index contributed by atoms with van der Waals surface area (Å²) in [6, 6.07) is 4.60. The Balaban J connectivity index is 1.68. The Bertz CT molecular complexity index is 273. The maximum atomic E-state index is 9.77. The molecule has 0 bridgehead atoms. The van der Waals surface area contributed by atoms with Crippen LogP contribution in [0.3, 0.4) is 0 Å². The Morgan fingerprint density at radius 2 is 2.27 bits per heavy atom. The summed E-state index contributed by atoms with van der Waals surface area (Å²) in [7, 11) is 0. The van der Waals surface area contributed by atoms with Crippen molar-refractivity contribution in [2.24, 2.45) is 0 Å². The SMILES string of the molecule is O[C@H]1CCCC[C@@H]1NCCc1cccs1. The third-order valence-electron chi connectivity index (χ3n) is 3.09. The second kappa shape index (κ2) is 5.64. The fourth-order valence-corrected chi connectivity index (χ4v) is 2.89. The summed E-state index contributed by atoms with van der Waals surface area (Å²) in [5, 5.41) is 15.3. The predicted molar refractivity (Wildman–Crippen MR) is 64.3 cm³/mol. The van der Waals surface area contributed by atoms with Gasteiger partial charge in [0.25, 0.3) is 0 Å². The molecule has 0 amide bonds. The van der Waals surface area contributed by atoms with Gasteiger partial charge in [0.15, 0.2) is 0 Å². The maximum absolute atomic E-state index is 9.77. The molecule has 3 heteroatoms. The minimum atomic E-state index is -0.123. The van der Waals surface area contributed by atoms with Crippen LogP contribution in [0.25, 0.3) is 0 Å². The van der Waals surface area contributed by atoms with Crippen LogP contribution in [0.5, 0.6) is 0 Å². The molecule has 15 heavy (non-hydrogen) atoms. The van der Waals surface area contributed by atoms with Gasteiger partial charge in [-0.15, -0.1) is 11.3 Å². The van der Waals surface area contributed by atoms with E-state index >= 15 is 0 Å². The number of hydrogen-bond acceptors (Lipinski definition) is 3. The standard InChI is InChI=1S/C12H19NOS/c14-12-6-2-1-5-11(12)13-8-7-10-4-3-9-15-10/h3-4,9,11-14H,1-2,5-8H2/t11-,12-/m0/s1. The van der Waals surface area contributed by atoms with Crippen LogP contribution in [0, 0.1) is 0 Å². The van der Waals surface area contributed by atoms with Crippen molar-refractivity contribution in [3.63, 3.8) is 0 Å². The monoisotopic (exact) mass is 225 g/mol. The Labute approximate surface area is 95.3 Å². The van der Waals surface area contributed by atoms with Crippen LogP contribution in [0.1, 0.15) is 30.6 Å². The van der Waals surface area contributed by atoms with E-state index in [4.69, 9.17) is 0 Å². The fourth-order valence-electron chi connectivity index (χ4n) is 2.18. The third-order valence-corrected chi connectivity index (χ3v) is 4.02. The van der Waals surface area contributed by atoms with Gasteiger partial charge in [0.05, 0.1) is 6.10 Å². The van der Waals surface area contributed by atoms with Crippen LogP contribution < -0.4 is 5.32 Å². The first-order valence-corrected chi connectivity index (χ1v) is 6.68. The van der Waals surface area contributed by atoms with Crippen LogP contribution >= 0.6 is 11.3 Å². The second-order valence-electron chi connectivity index (χ2n) is 4.24. The average molecular weight is 225 g/mol. The Kier molecular flexibility index (Phi) is 4.18. The van der Waals surface area contributed by atoms with E-state index in [1.807, 2.05) is 11.3 Å². The van der Waals surface area contributed by atoms with Crippen LogP contribution in [0.4, 0.5) is 0 Å². The molecular weight excluding hydrogens is 206 g/mol. The van der Waals surface area contributed by atoms with E-state index < -0.39 is 0 Å². The highest BCUT2D eigenvalue weighted by Crippen LogP contribution is 2.18. The smallest absolute Gasteiger partial charge is 0.0693 e. The summed E-state index contributed by atoms with van der Waals surface area (Å²) in [6.45, 7) is 0.988. The second-order valence-corrected chi connectivity index (χ2v) is 5.27. The van der Waals surface area contributed by atoms with Gasteiger partial charge in [0, 0.05) is 17.5 Å². The molecule has 2 atom stereocenters. The van der Waals surface area contributed by atoms with Gasteiger partial charge in [0.1, 0.15) is 0 Å². The van der Waals surface area contributed by atoms with Gasteiger partial charge >= 0.3 is 0 Å². The molecule has 1 heterocycles. The molecule has 0 aromatic carbocycles. The largest absolute Gasteiger partial charge is 0.392 e. The van der Waals surface area contributed by atoms with E-state index in [9.17, 15) is 5.11 Å². The lowest BCUT2D eigenvalue weighted by Gasteiger charge is -2.28. The topological polar surface area (TPSA) is 32.3 Å². The number of aliphatic hydroxyl groups excluding tert-OH is 1. The summed E-state index contributed by atoms with van der Waals surface area (Å²) in [5.74, 6) is 0. The summed E-state index contributed by atoms with van der Waals surface area (Å²) in [5.41, 5.74) is 0. The zero-order chi connectivity index (χ0) is 10.5. The van der Waals surface area contributed by atoms with Crippen molar-refractivity contribution in [3.8, 4) is 0 Å². The van der Waals surface area contributed by atoms with Crippen molar-refractivity contribution in [3.05, 3.63) is 22.4 Å². The number of thiophene rings is 1. The van der Waals surface area contributed by atoms with E-state index in [1.54, 1.807) is 0 Å². The number of nitrogens with one attached hydrogen (secondary N) is 1. The molecule has 0 unspecified atom stereocenters. The van der Waals surface area contributed by atoms with Gasteiger partial charge in [0.2, 0.25) is 0 Å². The van der Waals surface area contributed by atoms with Crippen molar-refractivity contribution < 1.29 is 5.11 Å². The van der Waals surface area contributed by atoms with E-state index in [2.05, 4.69) is 22.8 Å². The van der Waals surface area contributed by atoms with Gasteiger partial charge in [-0.05, 0) is 30.7 Å². The molecule has 0 spiro atoms. The molecule has 0 saturated heterocycles. The summed E-state index contributed by atoms with van der Waals surface area (Å²) >= 11 is 1.81. The van der Waals surface area contributed by atoms with E-state index in [1.165, 1.54) is 17.7 Å². The highest BCUT2D eigenvalue weighted by Gasteiger charge is 2.21. The molecule has 1 aromatic heterocycles. The summed E-state index contributed by atoms with van der Waals surface area (Å²) < 4.78 is 0. The molecule has 0 radical (unpaired) electrons. The zero-order valence-electron chi connectivity index (χ0n) is 8.98. The molecule has 2 rings (SSSR count). The first-order chi connectivity index (χ1) is 7.36. The highest BCUT2D eigenvalue weighted by molar-refractivity contribution is 7.09. The van der Waals surface area contributed by atoms with Gasteiger partial charge in [-0.25, -0.2) is 0 Å². The molecule has 1 aliphatic carbocycles. The predicted octanol–water partition coefficient (Wildman–Crippen LogP) is 2.18. The molecule has 2 nitrogen and oxygen atoms in total. The minimum absolute atomic E-state index is 0.123. The molecule has 1 aromatic rings. The average Bonchev–Trinajstić information content (AvgIpc) is 2.74. The molecular formula is C12H19NOS. The van der Waals surface area contributed by atoms with Gasteiger partial charge in [-0.2, -0.15) is 0 Å². The van der Waals surface area contributed by atoms with Crippen molar-refractivity contribution in [2.45, 2.75) is 44.2 Å². The van der Waals surface area contributed by atoms with E-state index in [0.29, 0.717) is 6.04 Å². The highest BCUT2D eigenvalue weighted by atomic mass is 32.1. The van der Waals surface area contributed by atoms with Gasteiger partial charge < -0.3 is 10.4 Å². The van der Waals surface area contributed by atoms with Crippen LogP contribution in [0.15, 0.2) is 17.5 Å². The maximum Gasteiger partial charge on any atom is 0.0693 e. The van der Waals surface area contributed by atoms with Gasteiger partial charge in [-0.3, -0.25) is 0 Å². The number of aliphatic hydroxyl groups is 1. The number of hydrogen-bond donors (Lipinski definition) is 2.